The summed E-state index contributed by atoms with van der Waals surface area (Å²) in [5, 5.41) is 9.36. The first-order valence-electron chi connectivity index (χ1n) is 4.98. The van der Waals surface area contributed by atoms with Gasteiger partial charge in [-0.1, -0.05) is 25.1 Å². The summed E-state index contributed by atoms with van der Waals surface area (Å²) in [4.78, 5) is 11.3. The third kappa shape index (κ3) is 2.69. The first-order chi connectivity index (χ1) is 7.06. The molecule has 0 saturated heterocycles. The van der Waals surface area contributed by atoms with E-state index in [4.69, 9.17) is 0 Å². The summed E-state index contributed by atoms with van der Waals surface area (Å²) in [6.07, 6.45) is 1.75. The van der Waals surface area contributed by atoms with Crippen molar-refractivity contribution < 1.29 is 9.90 Å². The minimum Gasteiger partial charge on any atom is -0.508 e. The van der Waals surface area contributed by atoms with E-state index in [9.17, 15) is 9.90 Å². The first kappa shape index (κ1) is 11.5. The van der Waals surface area contributed by atoms with Crippen molar-refractivity contribution in [3.05, 3.63) is 42.5 Å². The molecule has 0 spiro atoms. The average Bonchev–Trinajstić information content (AvgIpc) is 2.18. The molecule has 0 aliphatic rings. The summed E-state index contributed by atoms with van der Waals surface area (Å²) in [7, 11) is 0. The SMILES string of the molecule is C=C[C@@H](c1cccc(O)c1)[C@@H](C)C(C)=O. The molecule has 0 saturated carbocycles. The van der Waals surface area contributed by atoms with E-state index in [0.29, 0.717) is 0 Å². The van der Waals surface area contributed by atoms with Crippen LogP contribution in [0.4, 0.5) is 0 Å². The van der Waals surface area contributed by atoms with Crippen molar-refractivity contribution in [2.75, 3.05) is 0 Å². The molecule has 15 heavy (non-hydrogen) atoms. The number of carbonyl (C=O) groups is 1. The Balaban J connectivity index is 3.02. The number of allylic oxidation sites excluding steroid dienone is 1. The normalized spacial score (nSPS) is 14.3. The second-order valence-electron chi connectivity index (χ2n) is 3.76. The molecule has 0 radical (unpaired) electrons. The van der Waals surface area contributed by atoms with Gasteiger partial charge in [-0.2, -0.15) is 0 Å². The lowest BCUT2D eigenvalue weighted by Gasteiger charge is -2.18. The zero-order chi connectivity index (χ0) is 11.4. The molecule has 2 heteroatoms. The maximum absolute atomic E-state index is 11.3. The van der Waals surface area contributed by atoms with Crippen LogP contribution in [-0.4, -0.2) is 10.9 Å². The van der Waals surface area contributed by atoms with Crippen LogP contribution >= 0.6 is 0 Å². The van der Waals surface area contributed by atoms with Gasteiger partial charge in [-0.3, -0.25) is 4.79 Å². The smallest absolute Gasteiger partial charge is 0.133 e. The lowest BCUT2D eigenvalue weighted by molar-refractivity contribution is -0.120. The van der Waals surface area contributed by atoms with Gasteiger partial charge in [0.05, 0.1) is 0 Å². The van der Waals surface area contributed by atoms with Crippen molar-refractivity contribution in [1.29, 1.82) is 0 Å². The Labute approximate surface area is 90.3 Å². The lowest BCUT2D eigenvalue weighted by Crippen LogP contribution is -2.15. The van der Waals surface area contributed by atoms with E-state index in [-0.39, 0.29) is 23.4 Å². The summed E-state index contributed by atoms with van der Waals surface area (Å²) in [6, 6.07) is 6.95. The van der Waals surface area contributed by atoms with Crippen LogP contribution in [-0.2, 0) is 4.79 Å². The molecule has 1 aromatic rings. The predicted octanol–water partition coefficient (Wildman–Crippen LogP) is 2.89. The molecule has 0 amide bonds. The molecule has 0 aliphatic carbocycles. The maximum Gasteiger partial charge on any atom is 0.133 e. The summed E-state index contributed by atoms with van der Waals surface area (Å²) in [6.45, 7) is 7.18. The third-order valence-electron chi connectivity index (χ3n) is 2.69. The number of phenols is 1. The van der Waals surface area contributed by atoms with Gasteiger partial charge in [0.1, 0.15) is 11.5 Å². The number of rotatable bonds is 4. The number of benzene rings is 1. The van der Waals surface area contributed by atoms with Gasteiger partial charge in [0.2, 0.25) is 0 Å². The zero-order valence-corrected chi connectivity index (χ0v) is 9.10. The van der Waals surface area contributed by atoms with Gasteiger partial charge >= 0.3 is 0 Å². The zero-order valence-electron chi connectivity index (χ0n) is 9.10. The summed E-state index contributed by atoms with van der Waals surface area (Å²) in [5.41, 5.74) is 0.924. The third-order valence-corrected chi connectivity index (χ3v) is 2.69. The van der Waals surface area contributed by atoms with Crippen LogP contribution in [0.2, 0.25) is 0 Å². The molecule has 0 fully saturated rings. The highest BCUT2D eigenvalue weighted by Gasteiger charge is 2.19. The molecule has 0 heterocycles. The molecule has 2 nitrogen and oxygen atoms in total. The van der Waals surface area contributed by atoms with Gasteiger partial charge in [-0.25, -0.2) is 0 Å². The van der Waals surface area contributed by atoms with Crippen molar-refractivity contribution in [2.24, 2.45) is 5.92 Å². The van der Waals surface area contributed by atoms with Gasteiger partial charge in [0, 0.05) is 11.8 Å². The molecular weight excluding hydrogens is 188 g/mol. The second-order valence-corrected chi connectivity index (χ2v) is 3.76. The Kier molecular flexibility index (Phi) is 3.67. The Morgan fingerprint density at radius 1 is 1.53 bits per heavy atom. The number of hydrogen-bond donors (Lipinski definition) is 1. The van der Waals surface area contributed by atoms with Crippen LogP contribution in [0, 0.1) is 5.92 Å². The van der Waals surface area contributed by atoms with Crippen LogP contribution < -0.4 is 0 Å². The first-order valence-corrected chi connectivity index (χ1v) is 4.98. The highest BCUT2D eigenvalue weighted by molar-refractivity contribution is 5.79. The molecule has 1 rings (SSSR count). The maximum atomic E-state index is 11.3. The number of carbonyl (C=O) groups excluding carboxylic acids is 1. The minimum absolute atomic E-state index is 0.0328. The fourth-order valence-electron chi connectivity index (χ4n) is 1.61. The fraction of sp³-hybridized carbons (Fsp3) is 0.308. The lowest BCUT2D eigenvalue weighted by atomic mass is 9.85. The van der Waals surface area contributed by atoms with E-state index in [2.05, 4.69) is 6.58 Å². The van der Waals surface area contributed by atoms with Crippen LogP contribution in [0.5, 0.6) is 5.75 Å². The number of Topliss-reactive ketones (excluding diaryl/α,β-unsaturated/α-hetero) is 1. The predicted molar refractivity (Wildman–Crippen MR) is 60.9 cm³/mol. The van der Waals surface area contributed by atoms with Crippen molar-refractivity contribution in [3.63, 3.8) is 0 Å². The topological polar surface area (TPSA) is 37.3 Å². The van der Waals surface area contributed by atoms with E-state index < -0.39 is 0 Å². The number of phenolic OH excluding ortho intramolecular Hbond substituents is 1. The molecule has 1 aromatic carbocycles. The summed E-state index contributed by atoms with van der Waals surface area (Å²) >= 11 is 0. The van der Waals surface area contributed by atoms with Gasteiger partial charge in [0.25, 0.3) is 0 Å². The molecular formula is C13H16O2. The van der Waals surface area contributed by atoms with E-state index in [1.165, 1.54) is 0 Å². The number of hydrogen-bond acceptors (Lipinski definition) is 2. The Hall–Kier alpha value is -1.57. The highest BCUT2D eigenvalue weighted by atomic mass is 16.3. The minimum atomic E-state index is -0.107. The standard InChI is InChI=1S/C13H16O2/c1-4-13(9(2)10(3)14)11-6-5-7-12(15)8-11/h4-9,13,15H,1H2,2-3H3/t9-,13+/m0/s1. The van der Waals surface area contributed by atoms with Crippen LogP contribution in [0.3, 0.4) is 0 Å². The van der Waals surface area contributed by atoms with E-state index in [1.54, 1.807) is 31.2 Å². The fourth-order valence-corrected chi connectivity index (χ4v) is 1.61. The summed E-state index contributed by atoms with van der Waals surface area (Å²) in [5.74, 6) is 0.206. The van der Waals surface area contributed by atoms with Crippen molar-refractivity contribution >= 4 is 5.78 Å². The van der Waals surface area contributed by atoms with E-state index in [1.807, 2.05) is 13.0 Å². The molecule has 2 atom stereocenters. The molecule has 0 aromatic heterocycles. The van der Waals surface area contributed by atoms with Gasteiger partial charge in [-0.05, 0) is 24.6 Å². The average molecular weight is 204 g/mol. The molecule has 0 bridgehead atoms. The van der Waals surface area contributed by atoms with Crippen molar-refractivity contribution in [2.45, 2.75) is 19.8 Å². The second kappa shape index (κ2) is 4.78. The number of ketones is 1. The van der Waals surface area contributed by atoms with Gasteiger partial charge < -0.3 is 5.11 Å². The quantitative estimate of drug-likeness (QED) is 0.766. The van der Waals surface area contributed by atoms with Gasteiger partial charge in [-0.15, -0.1) is 6.58 Å². The van der Waals surface area contributed by atoms with Crippen molar-refractivity contribution in [1.82, 2.24) is 0 Å². The highest BCUT2D eigenvalue weighted by Crippen LogP contribution is 2.28. The molecule has 1 N–H and O–H groups in total. The van der Waals surface area contributed by atoms with Crippen LogP contribution in [0.15, 0.2) is 36.9 Å². The molecule has 0 aliphatic heterocycles. The Bertz CT molecular complexity index is 369. The van der Waals surface area contributed by atoms with E-state index >= 15 is 0 Å². The summed E-state index contributed by atoms with van der Waals surface area (Å²) < 4.78 is 0. The Morgan fingerprint density at radius 3 is 2.67 bits per heavy atom. The monoisotopic (exact) mass is 204 g/mol. The van der Waals surface area contributed by atoms with Crippen LogP contribution in [0.25, 0.3) is 0 Å². The van der Waals surface area contributed by atoms with E-state index in [0.717, 1.165) is 5.56 Å². The van der Waals surface area contributed by atoms with Crippen LogP contribution in [0.1, 0.15) is 25.3 Å². The van der Waals surface area contributed by atoms with Gasteiger partial charge in [0.15, 0.2) is 0 Å². The molecule has 0 unspecified atom stereocenters. The van der Waals surface area contributed by atoms with Crippen molar-refractivity contribution in [3.8, 4) is 5.75 Å². The molecule has 80 valence electrons. The largest absolute Gasteiger partial charge is 0.508 e. The number of aromatic hydroxyl groups is 1. The Morgan fingerprint density at radius 2 is 2.20 bits per heavy atom.